The second kappa shape index (κ2) is 9.25. The number of likely N-dealkylation sites (N-methyl/N-ethyl adjacent to an activating group) is 1. The lowest BCUT2D eigenvalue weighted by atomic mass is 10.1. The topological polar surface area (TPSA) is 62.0 Å². The first-order valence-electron chi connectivity index (χ1n) is 8.05. The molecule has 6 nitrogen and oxygen atoms in total. The monoisotopic (exact) mass is 312 g/mol. The third-order valence-electron chi connectivity index (χ3n) is 3.44. The number of hydrogen-bond donors (Lipinski definition) is 1. The number of amides is 1. The van der Waals surface area contributed by atoms with Gasteiger partial charge in [0.25, 0.3) is 0 Å². The van der Waals surface area contributed by atoms with Crippen LogP contribution in [0.4, 0.5) is 0 Å². The molecule has 1 amide bonds. The van der Waals surface area contributed by atoms with Crippen molar-refractivity contribution in [3.63, 3.8) is 0 Å². The predicted molar refractivity (Wildman–Crippen MR) is 89.0 cm³/mol. The first kappa shape index (κ1) is 19.1. The molecule has 0 aromatic rings. The van der Waals surface area contributed by atoms with Crippen LogP contribution in [-0.2, 0) is 9.63 Å². The first-order valence-corrected chi connectivity index (χ1v) is 8.05. The summed E-state index contributed by atoms with van der Waals surface area (Å²) in [6, 6.07) is 0. The predicted octanol–water partition coefficient (Wildman–Crippen LogP) is 1.05. The molecule has 0 aromatic heterocycles. The summed E-state index contributed by atoms with van der Waals surface area (Å²) >= 11 is 0. The third kappa shape index (κ3) is 8.48. The molecule has 1 heterocycles. The minimum Gasteiger partial charge on any atom is -0.339 e. The average molecular weight is 312 g/mol. The van der Waals surface area contributed by atoms with E-state index >= 15 is 0 Å². The second-order valence-corrected chi connectivity index (χ2v) is 6.86. The minimum atomic E-state index is -0.340. The molecule has 0 bridgehead atoms. The van der Waals surface area contributed by atoms with Crippen molar-refractivity contribution in [2.24, 2.45) is 5.73 Å². The van der Waals surface area contributed by atoms with Gasteiger partial charge in [0.2, 0.25) is 5.91 Å². The van der Waals surface area contributed by atoms with Gasteiger partial charge in [-0.3, -0.25) is 14.5 Å². The van der Waals surface area contributed by atoms with Crippen LogP contribution in [0.2, 0.25) is 0 Å². The van der Waals surface area contributed by atoms with Crippen LogP contribution in [-0.4, -0.2) is 73.3 Å². The fourth-order valence-electron chi connectivity index (χ4n) is 2.27. The SMILES string of the molecule is CN(C/C=C/C(=O)N1CCCCC1)CN(C)OCC(C)(C)N. The molecular formula is C16H32N4O2. The third-order valence-corrected chi connectivity index (χ3v) is 3.44. The van der Waals surface area contributed by atoms with E-state index in [0.29, 0.717) is 19.8 Å². The van der Waals surface area contributed by atoms with Crippen molar-refractivity contribution >= 4 is 5.91 Å². The van der Waals surface area contributed by atoms with E-state index in [-0.39, 0.29) is 11.4 Å². The number of hydrogen-bond acceptors (Lipinski definition) is 5. The van der Waals surface area contributed by atoms with E-state index in [9.17, 15) is 4.79 Å². The highest BCUT2D eigenvalue weighted by atomic mass is 16.7. The van der Waals surface area contributed by atoms with E-state index in [1.165, 1.54) is 6.42 Å². The molecule has 0 atom stereocenters. The molecule has 0 aliphatic carbocycles. The summed E-state index contributed by atoms with van der Waals surface area (Å²) in [4.78, 5) is 21.6. The molecule has 1 rings (SSSR count). The zero-order valence-corrected chi connectivity index (χ0v) is 14.5. The number of piperidine rings is 1. The summed E-state index contributed by atoms with van der Waals surface area (Å²) in [5.41, 5.74) is 5.54. The number of rotatable bonds is 8. The molecule has 0 radical (unpaired) electrons. The van der Waals surface area contributed by atoms with Gasteiger partial charge < -0.3 is 10.6 Å². The van der Waals surface area contributed by atoms with Gasteiger partial charge in [0.15, 0.2) is 0 Å². The normalized spacial score (nSPS) is 17.0. The van der Waals surface area contributed by atoms with Crippen LogP contribution >= 0.6 is 0 Å². The number of carbonyl (C=O) groups is 1. The Balaban J connectivity index is 2.22. The fraction of sp³-hybridized carbons (Fsp3) is 0.812. The zero-order chi connectivity index (χ0) is 16.6. The molecular weight excluding hydrogens is 280 g/mol. The second-order valence-electron chi connectivity index (χ2n) is 6.86. The molecule has 1 saturated heterocycles. The lowest BCUT2D eigenvalue weighted by Gasteiger charge is -2.27. The van der Waals surface area contributed by atoms with Crippen molar-refractivity contribution in [2.75, 3.05) is 47.0 Å². The van der Waals surface area contributed by atoms with E-state index in [2.05, 4.69) is 4.90 Å². The van der Waals surface area contributed by atoms with Crippen LogP contribution in [0.3, 0.4) is 0 Å². The Hall–Kier alpha value is -0.950. The van der Waals surface area contributed by atoms with Crippen LogP contribution in [0.15, 0.2) is 12.2 Å². The molecule has 1 fully saturated rings. The zero-order valence-electron chi connectivity index (χ0n) is 14.5. The summed E-state index contributed by atoms with van der Waals surface area (Å²) in [5, 5.41) is 1.76. The Morgan fingerprint density at radius 2 is 1.91 bits per heavy atom. The Morgan fingerprint density at radius 1 is 1.27 bits per heavy atom. The summed E-state index contributed by atoms with van der Waals surface area (Å²) in [6.07, 6.45) is 7.09. The largest absolute Gasteiger partial charge is 0.339 e. The fourth-order valence-corrected chi connectivity index (χ4v) is 2.27. The Labute approximate surface area is 134 Å². The lowest BCUT2D eigenvalue weighted by molar-refractivity contribution is -0.171. The van der Waals surface area contributed by atoms with E-state index in [1.54, 1.807) is 11.1 Å². The van der Waals surface area contributed by atoms with Crippen molar-refractivity contribution in [1.29, 1.82) is 0 Å². The van der Waals surface area contributed by atoms with Crippen molar-refractivity contribution in [2.45, 2.75) is 38.6 Å². The van der Waals surface area contributed by atoms with Gasteiger partial charge in [-0.1, -0.05) is 6.08 Å². The van der Waals surface area contributed by atoms with Crippen LogP contribution < -0.4 is 5.73 Å². The van der Waals surface area contributed by atoms with E-state index < -0.39 is 0 Å². The van der Waals surface area contributed by atoms with Gasteiger partial charge in [-0.2, -0.15) is 5.06 Å². The van der Waals surface area contributed by atoms with Crippen molar-refractivity contribution in [1.82, 2.24) is 14.9 Å². The summed E-state index contributed by atoms with van der Waals surface area (Å²) < 4.78 is 0. The van der Waals surface area contributed by atoms with E-state index in [0.717, 1.165) is 25.9 Å². The van der Waals surface area contributed by atoms with Crippen LogP contribution in [0.5, 0.6) is 0 Å². The highest BCUT2D eigenvalue weighted by molar-refractivity contribution is 5.87. The molecule has 1 aliphatic rings. The highest BCUT2D eigenvalue weighted by Gasteiger charge is 2.14. The van der Waals surface area contributed by atoms with Crippen molar-refractivity contribution in [3.05, 3.63) is 12.2 Å². The van der Waals surface area contributed by atoms with Crippen LogP contribution in [0.25, 0.3) is 0 Å². The Morgan fingerprint density at radius 3 is 2.50 bits per heavy atom. The quantitative estimate of drug-likeness (QED) is 0.412. The molecule has 2 N–H and O–H groups in total. The van der Waals surface area contributed by atoms with Gasteiger partial charge >= 0.3 is 0 Å². The Kier molecular flexibility index (Phi) is 8.03. The summed E-state index contributed by atoms with van der Waals surface area (Å²) in [5.74, 6) is 0.127. The van der Waals surface area contributed by atoms with Crippen LogP contribution in [0.1, 0.15) is 33.1 Å². The summed E-state index contributed by atoms with van der Waals surface area (Å²) in [6.45, 7) is 7.48. The molecule has 22 heavy (non-hydrogen) atoms. The van der Waals surface area contributed by atoms with Crippen molar-refractivity contribution in [3.8, 4) is 0 Å². The van der Waals surface area contributed by atoms with Gasteiger partial charge in [-0.05, 0) is 40.2 Å². The average Bonchev–Trinajstić information content (AvgIpc) is 2.45. The molecule has 0 saturated carbocycles. The van der Waals surface area contributed by atoms with Gasteiger partial charge in [0.1, 0.15) is 0 Å². The molecule has 6 heteroatoms. The maximum Gasteiger partial charge on any atom is 0.246 e. The molecule has 0 spiro atoms. The number of nitrogens with zero attached hydrogens (tertiary/aromatic N) is 3. The van der Waals surface area contributed by atoms with E-state index in [4.69, 9.17) is 10.6 Å². The maximum absolute atomic E-state index is 12.0. The van der Waals surface area contributed by atoms with Crippen LogP contribution in [0, 0.1) is 0 Å². The van der Waals surface area contributed by atoms with Crippen molar-refractivity contribution < 1.29 is 9.63 Å². The first-order chi connectivity index (χ1) is 10.3. The number of likely N-dealkylation sites (tertiary alicyclic amines) is 1. The molecule has 1 aliphatic heterocycles. The molecule has 0 aromatic carbocycles. The molecule has 0 unspecified atom stereocenters. The summed E-state index contributed by atoms with van der Waals surface area (Å²) in [7, 11) is 3.87. The maximum atomic E-state index is 12.0. The number of nitrogens with two attached hydrogens (primary N) is 1. The van der Waals surface area contributed by atoms with Gasteiger partial charge in [-0.25, -0.2) is 0 Å². The lowest BCUT2D eigenvalue weighted by Crippen LogP contribution is -2.42. The van der Waals surface area contributed by atoms with E-state index in [1.807, 2.05) is 38.9 Å². The van der Waals surface area contributed by atoms with Gasteiger partial charge in [-0.15, -0.1) is 0 Å². The van der Waals surface area contributed by atoms with Gasteiger partial charge in [0.05, 0.1) is 13.3 Å². The standard InChI is InChI=1S/C16H32N4O2/c1-16(2,17)13-22-19(4)14-18(3)10-8-9-15(21)20-11-6-5-7-12-20/h8-9H,5-7,10-14,17H2,1-4H3/b9-8+. The smallest absolute Gasteiger partial charge is 0.246 e. The number of carbonyl (C=O) groups excluding carboxylic acids is 1. The highest BCUT2D eigenvalue weighted by Crippen LogP contribution is 2.08. The minimum absolute atomic E-state index is 0.127. The molecule has 128 valence electrons. The number of hydroxylamine groups is 2. The Bertz CT molecular complexity index is 360. The van der Waals surface area contributed by atoms with Gasteiger partial charge in [0, 0.05) is 38.3 Å².